The van der Waals surface area contributed by atoms with E-state index in [0.29, 0.717) is 18.8 Å². The quantitative estimate of drug-likeness (QED) is 0.767. The van der Waals surface area contributed by atoms with E-state index in [4.69, 9.17) is 0 Å². The molecule has 0 radical (unpaired) electrons. The molecule has 0 spiro atoms. The summed E-state index contributed by atoms with van der Waals surface area (Å²) < 4.78 is 41.1. The predicted molar refractivity (Wildman–Crippen MR) is 53.2 cm³/mol. The predicted octanol–water partition coefficient (Wildman–Crippen LogP) is 1.80. The van der Waals surface area contributed by atoms with Crippen molar-refractivity contribution in [1.29, 1.82) is 0 Å². The molecule has 0 atom stereocenters. The zero-order chi connectivity index (χ0) is 12.0. The minimum Gasteiger partial charge on any atom is -0.372 e. The zero-order valence-electron chi connectivity index (χ0n) is 8.92. The molecule has 4 nitrogen and oxygen atoms in total. The molecule has 7 heteroatoms. The molecular weight excluding hydrogens is 223 g/mol. The van der Waals surface area contributed by atoms with Gasteiger partial charge in [-0.05, 0) is 6.42 Å². The number of hydrogen-bond donors (Lipinski definition) is 1. The van der Waals surface area contributed by atoms with E-state index < -0.39 is 12.8 Å². The lowest BCUT2D eigenvalue weighted by Crippen LogP contribution is -2.18. The number of ether oxygens (including phenoxy) is 1. The fourth-order valence-electron chi connectivity index (χ4n) is 1.09. The second-order valence-electron chi connectivity index (χ2n) is 3.32. The lowest BCUT2D eigenvalue weighted by Gasteiger charge is -2.07. The van der Waals surface area contributed by atoms with Gasteiger partial charge in [0.15, 0.2) is 0 Å². The molecule has 1 heterocycles. The molecule has 0 unspecified atom stereocenters. The lowest BCUT2D eigenvalue weighted by atomic mass is 10.4. The standard InChI is InChI=1S/C9H14F3N3O/c1-15-5-3-8(14-15)13-4-2-6-16-7-9(10,11)12/h3,5H,2,4,6-7H2,1H3,(H,13,14). The number of hydrogen-bond acceptors (Lipinski definition) is 3. The smallest absolute Gasteiger partial charge is 0.372 e. The molecule has 0 aliphatic heterocycles. The number of anilines is 1. The van der Waals surface area contributed by atoms with Crippen LogP contribution in [-0.2, 0) is 11.8 Å². The highest BCUT2D eigenvalue weighted by atomic mass is 19.4. The van der Waals surface area contributed by atoms with Crippen molar-refractivity contribution in [3.05, 3.63) is 12.3 Å². The van der Waals surface area contributed by atoms with Crippen LogP contribution in [0.15, 0.2) is 12.3 Å². The van der Waals surface area contributed by atoms with Gasteiger partial charge in [0.25, 0.3) is 0 Å². The number of alkyl halides is 3. The molecule has 1 aromatic heterocycles. The highest BCUT2D eigenvalue weighted by molar-refractivity contribution is 5.31. The van der Waals surface area contributed by atoms with E-state index in [1.54, 1.807) is 24.0 Å². The summed E-state index contributed by atoms with van der Waals surface area (Å²) in [5.41, 5.74) is 0. The second-order valence-corrected chi connectivity index (χ2v) is 3.32. The summed E-state index contributed by atoms with van der Waals surface area (Å²) in [6, 6.07) is 1.79. The molecule has 0 aliphatic rings. The minimum atomic E-state index is -4.24. The van der Waals surface area contributed by atoms with Gasteiger partial charge in [-0.15, -0.1) is 0 Å². The van der Waals surface area contributed by atoms with Gasteiger partial charge in [0.1, 0.15) is 12.4 Å². The maximum absolute atomic E-state index is 11.7. The molecule has 92 valence electrons. The van der Waals surface area contributed by atoms with E-state index in [1.807, 2.05) is 0 Å². The first-order chi connectivity index (χ1) is 7.47. The number of rotatable bonds is 6. The van der Waals surface area contributed by atoms with Crippen LogP contribution in [0.25, 0.3) is 0 Å². The molecule has 0 saturated carbocycles. The van der Waals surface area contributed by atoms with Crippen LogP contribution in [0.1, 0.15) is 6.42 Å². The maximum atomic E-state index is 11.7. The van der Waals surface area contributed by atoms with Crippen molar-refractivity contribution in [2.75, 3.05) is 25.1 Å². The van der Waals surface area contributed by atoms with Crippen molar-refractivity contribution in [3.8, 4) is 0 Å². The van der Waals surface area contributed by atoms with E-state index in [2.05, 4.69) is 15.2 Å². The Balaban J connectivity index is 2.00. The molecule has 1 aromatic rings. The zero-order valence-corrected chi connectivity index (χ0v) is 8.92. The Labute approximate surface area is 91.4 Å². The average Bonchev–Trinajstić information content (AvgIpc) is 2.56. The molecular formula is C9H14F3N3O. The van der Waals surface area contributed by atoms with Crippen molar-refractivity contribution in [1.82, 2.24) is 9.78 Å². The molecule has 0 amide bonds. The topological polar surface area (TPSA) is 39.1 Å². The van der Waals surface area contributed by atoms with Crippen molar-refractivity contribution in [2.45, 2.75) is 12.6 Å². The molecule has 0 aliphatic carbocycles. The van der Waals surface area contributed by atoms with Gasteiger partial charge < -0.3 is 10.1 Å². The highest BCUT2D eigenvalue weighted by Gasteiger charge is 2.27. The van der Waals surface area contributed by atoms with Crippen LogP contribution in [0, 0.1) is 0 Å². The SMILES string of the molecule is Cn1ccc(NCCCOCC(F)(F)F)n1. The third-order valence-electron chi connectivity index (χ3n) is 1.75. The molecule has 0 aromatic carbocycles. The highest BCUT2D eigenvalue weighted by Crippen LogP contribution is 2.14. The Hall–Kier alpha value is -1.24. The molecule has 1 N–H and O–H groups in total. The van der Waals surface area contributed by atoms with Gasteiger partial charge in [0, 0.05) is 32.5 Å². The first-order valence-corrected chi connectivity index (χ1v) is 4.85. The first kappa shape index (κ1) is 12.8. The summed E-state index contributed by atoms with van der Waals surface area (Å²) in [4.78, 5) is 0. The summed E-state index contributed by atoms with van der Waals surface area (Å²) in [6.45, 7) is -0.565. The van der Waals surface area contributed by atoms with Crippen LogP contribution in [0.5, 0.6) is 0 Å². The van der Waals surface area contributed by atoms with Gasteiger partial charge in [-0.2, -0.15) is 18.3 Å². The Morgan fingerprint density at radius 3 is 2.81 bits per heavy atom. The molecule has 0 saturated heterocycles. The van der Waals surface area contributed by atoms with E-state index in [0.717, 1.165) is 0 Å². The normalized spacial score (nSPS) is 11.8. The summed E-state index contributed by atoms with van der Waals surface area (Å²) >= 11 is 0. The molecule has 0 fully saturated rings. The van der Waals surface area contributed by atoms with Crippen LogP contribution in [-0.4, -0.2) is 35.7 Å². The molecule has 16 heavy (non-hydrogen) atoms. The minimum absolute atomic E-state index is 0.0827. The van der Waals surface area contributed by atoms with Crippen LogP contribution < -0.4 is 5.32 Å². The fourth-order valence-corrected chi connectivity index (χ4v) is 1.09. The Morgan fingerprint density at radius 1 is 1.50 bits per heavy atom. The van der Waals surface area contributed by atoms with Crippen LogP contribution in [0.4, 0.5) is 19.0 Å². The van der Waals surface area contributed by atoms with E-state index in [9.17, 15) is 13.2 Å². The van der Waals surface area contributed by atoms with Gasteiger partial charge in [0.2, 0.25) is 0 Å². The Morgan fingerprint density at radius 2 is 2.25 bits per heavy atom. The monoisotopic (exact) mass is 237 g/mol. The van der Waals surface area contributed by atoms with Crippen molar-refractivity contribution in [2.24, 2.45) is 7.05 Å². The summed E-state index contributed by atoms with van der Waals surface area (Å²) in [6.07, 6.45) is -1.95. The Bertz CT molecular complexity index is 311. The number of nitrogens with zero attached hydrogens (tertiary/aromatic N) is 2. The number of aryl methyl sites for hydroxylation is 1. The summed E-state index contributed by atoms with van der Waals surface area (Å²) in [5.74, 6) is 0.707. The first-order valence-electron chi connectivity index (χ1n) is 4.85. The largest absolute Gasteiger partial charge is 0.411 e. The Kier molecular flexibility index (Phi) is 4.60. The van der Waals surface area contributed by atoms with Crippen LogP contribution >= 0.6 is 0 Å². The van der Waals surface area contributed by atoms with Crippen LogP contribution in [0.3, 0.4) is 0 Å². The van der Waals surface area contributed by atoms with Gasteiger partial charge in [0.05, 0.1) is 0 Å². The van der Waals surface area contributed by atoms with Crippen molar-refractivity contribution >= 4 is 5.82 Å². The molecule has 0 bridgehead atoms. The third kappa shape index (κ3) is 5.59. The van der Waals surface area contributed by atoms with Gasteiger partial charge in [-0.1, -0.05) is 0 Å². The maximum Gasteiger partial charge on any atom is 0.411 e. The number of nitrogens with one attached hydrogen (secondary N) is 1. The third-order valence-corrected chi connectivity index (χ3v) is 1.75. The van der Waals surface area contributed by atoms with E-state index in [-0.39, 0.29) is 6.61 Å². The fraction of sp³-hybridized carbons (Fsp3) is 0.667. The average molecular weight is 237 g/mol. The summed E-state index contributed by atoms with van der Waals surface area (Å²) in [5, 5.41) is 7.02. The second kappa shape index (κ2) is 5.74. The van der Waals surface area contributed by atoms with Crippen LogP contribution in [0.2, 0.25) is 0 Å². The lowest BCUT2D eigenvalue weighted by molar-refractivity contribution is -0.173. The molecule has 1 rings (SSSR count). The van der Waals surface area contributed by atoms with E-state index >= 15 is 0 Å². The van der Waals surface area contributed by atoms with Gasteiger partial charge in [-0.25, -0.2) is 0 Å². The van der Waals surface area contributed by atoms with Gasteiger partial charge >= 0.3 is 6.18 Å². The van der Waals surface area contributed by atoms with E-state index in [1.165, 1.54) is 0 Å². The van der Waals surface area contributed by atoms with Gasteiger partial charge in [-0.3, -0.25) is 4.68 Å². The number of aromatic nitrogens is 2. The van der Waals surface area contributed by atoms with Crippen molar-refractivity contribution < 1.29 is 17.9 Å². The summed E-state index contributed by atoms with van der Waals surface area (Å²) in [7, 11) is 1.79. The van der Waals surface area contributed by atoms with Crippen molar-refractivity contribution in [3.63, 3.8) is 0 Å². The number of halogens is 3.